The average molecular weight is 229 g/mol. The Bertz CT molecular complexity index is 106. The SMILES string of the molecule is CC[Se]P(=S)(CC)CC. The van der Waals surface area contributed by atoms with Gasteiger partial charge in [-0.2, -0.15) is 0 Å². The minimum atomic E-state index is -0.785. The Morgan fingerprint density at radius 2 is 1.67 bits per heavy atom. The molecule has 0 saturated heterocycles. The second kappa shape index (κ2) is 4.91. The standard InChI is InChI=1S/C6H15PSSe/c1-4-7(8,5-2)9-6-3/h4-6H2,1-3H3. The molecule has 0 aliphatic carbocycles. The molecule has 0 rings (SSSR count). The molecule has 0 bridgehead atoms. The van der Waals surface area contributed by atoms with Crippen LogP contribution in [-0.4, -0.2) is 26.8 Å². The van der Waals surface area contributed by atoms with Crippen LogP contribution in [-0.2, 0) is 11.8 Å². The fraction of sp³-hybridized carbons (Fsp3) is 1.00. The first-order valence-electron chi connectivity index (χ1n) is 3.41. The van der Waals surface area contributed by atoms with Gasteiger partial charge in [0.15, 0.2) is 0 Å². The molecule has 0 aliphatic rings. The maximum absolute atomic E-state index is 5.54. The Labute approximate surface area is 69.6 Å². The predicted molar refractivity (Wildman–Crippen MR) is 51.6 cm³/mol. The van der Waals surface area contributed by atoms with Crippen molar-refractivity contribution < 1.29 is 0 Å². The quantitative estimate of drug-likeness (QED) is 0.527. The number of hydrogen-bond donors (Lipinski definition) is 0. The zero-order chi connectivity index (χ0) is 7.33. The van der Waals surface area contributed by atoms with Gasteiger partial charge in [0.05, 0.1) is 0 Å². The molecule has 0 aliphatic heterocycles. The monoisotopic (exact) mass is 230 g/mol. The van der Waals surface area contributed by atoms with E-state index in [1.54, 1.807) is 0 Å². The zero-order valence-corrected chi connectivity index (χ0v) is 9.81. The molecular weight excluding hydrogens is 214 g/mol. The summed E-state index contributed by atoms with van der Waals surface area (Å²) in [6, 6.07) is 0. The fourth-order valence-corrected chi connectivity index (χ4v) is 8.83. The Morgan fingerprint density at radius 3 is 1.78 bits per heavy atom. The summed E-state index contributed by atoms with van der Waals surface area (Å²) in [5.41, 5.74) is 0. The molecule has 0 aromatic rings. The molecule has 56 valence electrons. The molecule has 0 N–H and O–H groups in total. The van der Waals surface area contributed by atoms with Crippen molar-refractivity contribution in [2.75, 3.05) is 12.3 Å². The van der Waals surface area contributed by atoms with Crippen LogP contribution in [0.2, 0.25) is 5.32 Å². The van der Waals surface area contributed by atoms with Crippen LogP contribution in [0, 0.1) is 0 Å². The predicted octanol–water partition coefficient (Wildman–Crippen LogP) is 2.56. The van der Waals surface area contributed by atoms with Crippen molar-refractivity contribution in [3.8, 4) is 0 Å². The van der Waals surface area contributed by atoms with Crippen LogP contribution in [0.15, 0.2) is 0 Å². The van der Waals surface area contributed by atoms with Crippen LogP contribution in [0.3, 0.4) is 0 Å². The van der Waals surface area contributed by atoms with Crippen molar-refractivity contribution in [2.24, 2.45) is 0 Å². The van der Waals surface area contributed by atoms with Crippen LogP contribution in [0.5, 0.6) is 0 Å². The van der Waals surface area contributed by atoms with Gasteiger partial charge in [0.2, 0.25) is 0 Å². The van der Waals surface area contributed by atoms with Gasteiger partial charge in [-0.3, -0.25) is 0 Å². The first kappa shape index (κ1) is 10.2. The van der Waals surface area contributed by atoms with Gasteiger partial charge >= 0.3 is 69.5 Å². The van der Waals surface area contributed by atoms with Crippen LogP contribution in [0.25, 0.3) is 0 Å². The van der Waals surface area contributed by atoms with Gasteiger partial charge in [-0.25, -0.2) is 0 Å². The van der Waals surface area contributed by atoms with E-state index in [9.17, 15) is 0 Å². The summed E-state index contributed by atoms with van der Waals surface area (Å²) in [6.07, 6.45) is 2.57. The first-order valence-corrected chi connectivity index (χ1v) is 10.0. The summed E-state index contributed by atoms with van der Waals surface area (Å²) in [7, 11) is 0. The van der Waals surface area contributed by atoms with Crippen molar-refractivity contribution in [3.05, 3.63) is 0 Å². The average Bonchev–Trinajstić information content (AvgIpc) is 1.89. The van der Waals surface area contributed by atoms with E-state index < -0.39 is 4.73 Å². The van der Waals surface area contributed by atoms with Crippen LogP contribution in [0.4, 0.5) is 0 Å². The summed E-state index contributed by atoms with van der Waals surface area (Å²) in [5.74, 6) is 0. The summed E-state index contributed by atoms with van der Waals surface area (Å²) >= 11 is 6.34. The van der Waals surface area contributed by atoms with Crippen molar-refractivity contribution in [3.63, 3.8) is 0 Å². The molecule has 0 aromatic carbocycles. The van der Waals surface area contributed by atoms with Crippen molar-refractivity contribution in [1.29, 1.82) is 0 Å². The Morgan fingerprint density at radius 1 is 1.22 bits per heavy atom. The van der Waals surface area contributed by atoms with Gasteiger partial charge in [-0.05, 0) is 0 Å². The van der Waals surface area contributed by atoms with E-state index >= 15 is 0 Å². The molecular formula is C6H15PSSe. The molecule has 3 heteroatoms. The van der Waals surface area contributed by atoms with E-state index in [0.29, 0.717) is 0 Å². The second-order valence-electron chi connectivity index (χ2n) is 1.86. The van der Waals surface area contributed by atoms with Gasteiger partial charge < -0.3 is 0 Å². The molecule has 0 saturated carbocycles. The summed E-state index contributed by atoms with van der Waals surface area (Å²) in [4.78, 5) is 0. The van der Waals surface area contributed by atoms with Gasteiger partial charge in [-0.1, -0.05) is 0 Å². The molecule has 9 heavy (non-hydrogen) atoms. The topological polar surface area (TPSA) is 0 Å². The third-order valence-corrected chi connectivity index (χ3v) is 15.0. The summed E-state index contributed by atoms with van der Waals surface area (Å²) < 4.78 is -0.785. The van der Waals surface area contributed by atoms with Gasteiger partial charge in [0.1, 0.15) is 0 Å². The zero-order valence-electron chi connectivity index (χ0n) is 6.39. The molecule has 0 atom stereocenters. The van der Waals surface area contributed by atoms with E-state index in [4.69, 9.17) is 11.8 Å². The van der Waals surface area contributed by atoms with E-state index in [1.165, 1.54) is 17.6 Å². The van der Waals surface area contributed by atoms with Gasteiger partial charge in [0.25, 0.3) is 0 Å². The Balaban J connectivity index is 3.78. The first-order chi connectivity index (χ1) is 4.18. The van der Waals surface area contributed by atoms with Gasteiger partial charge in [-0.15, -0.1) is 0 Å². The third-order valence-electron chi connectivity index (χ3n) is 1.33. The fourth-order valence-electron chi connectivity index (χ4n) is 0.641. The van der Waals surface area contributed by atoms with Crippen molar-refractivity contribution >= 4 is 31.0 Å². The molecule has 0 spiro atoms. The van der Waals surface area contributed by atoms with Crippen molar-refractivity contribution in [2.45, 2.75) is 26.1 Å². The summed E-state index contributed by atoms with van der Waals surface area (Å²) in [5, 5.41) is 1.34. The maximum atomic E-state index is 5.54. The van der Waals surface area contributed by atoms with E-state index in [2.05, 4.69) is 20.8 Å². The van der Waals surface area contributed by atoms with Gasteiger partial charge in [0, 0.05) is 0 Å². The normalized spacial score (nSPS) is 11.9. The Kier molecular flexibility index (Phi) is 5.54. The van der Waals surface area contributed by atoms with E-state index in [0.717, 1.165) is 14.5 Å². The number of rotatable bonds is 4. The molecule has 0 fully saturated rings. The van der Waals surface area contributed by atoms with Crippen molar-refractivity contribution in [1.82, 2.24) is 0 Å². The second-order valence-corrected chi connectivity index (χ2v) is 15.9. The molecule has 0 nitrogen and oxygen atoms in total. The van der Waals surface area contributed by atoms with Crippen LogP contribution < -0.4 is 0 Å². The number of hydrogen-bond acceptors (Lipinski definition) is 1. The molecule has 0 amide bonds. The minimum absolute atomic E-state index is 0.785. The molecule has 0 radical (unpaired) electrons. The summed E-state index contributed by atoms with van der Waals surface area (Å²) in [6.45, 7) is 6.76. The molecule has 0 heterocycles. The van der Waals surface area contributed by atoms with Crippen LogP contribution >= 0.6 is 4.73 Å². The Hall–Kier alpha value is 1.17. The molecule has 0 unspecified atom stereocenters. The third kappa shape index (κ3) is 3.78. The molecule has 0 aromatic heterocycles. The van der Waals surface area contributed by atoms with E-state index in [1.807, 2.05) is 0 Å². The van der Waals surface area contributed by atoms with Crippen LogP contribution in [0.1, 0.15) is 20.8 Å². The van der Waals surface area contributed by atoms with E-state index in [-0.39, 0.29) is 0 Å².